The maximum Gasteiger partial charge on any atom is 0.409 e. The molecule has 58 valence electrons. The second-order valence-electron chi connectivity index (χ2n) is 1.80. The van der Waals surface area contributed by atoms with Gasteiger partial charge in [0, 0.05) is 15.2 Å². The largest absolute Gasteiger partial charge is 0.414 e. The van der Waals surface area contributed by atoms with Crippen LogP contribution in [-0.2, 0) is 0 Å². The van der Waals surface area contributed by atoms with Crippen molar-refractivity contribution in [1.29, 1.82) is 0 Å². The minimum absolute atomic E-state index is 0.469. The van der Waals surface area contributed by atoms with E-state index in [1.165, 1.54) is 0 Å². The fourth-order valence-corrected chi connectivity index (χ4v) is 1.23. The molecule has 0 atom stereocenters. The van der Waals surface area contributed by atoms with Gasteiger partial charge in [0.25, 0.3) is 0 Å². The molecule has 1 aromatic carbocycles. The third-order valence-electron chi connectivity index (χ3n) is 0.994. The number of rotatable bonds is 1. The van der Waals surface area contributed by atoms with E-state index in [1.54, 1.807) is 18.2 Å². The van der Waals surface area contributed by atoms with Crippen molar-refractivity contribution in [3.8, 4) is 5.75 Å². The summed E-state index contributed by atoms with van der Waals surface area (Å²) in [6, 6.07) is 7.08. The molecule has 1 rings (SSSR count). The molecule has 0 aliphatic rings. The average molecular weight is 282 g/mol. The van der Waals surface area contributed by atoms with Gasteiger partial charge in [0.1, 0.15) is 5.75 Å². The van der Waals surface area contributed by atoms with Crippen LogP contribution in [0.4, 0.5) is 4.79 Å². The van der Waals surface area contributed by atoms with Gasteiger partial charge in [-0.3, -0.25) is 0 Å². The molecule has 0 N–H and O–H groups in total. The van der Waals surface area contributed by atoms with Crippen LogP contribution in [0, 0.1) is 3.57 Å². The Bertz CT molecular complexity index is 275. The molecule has 0 aliphatic heterocycles. The zero-order valence-electron chi connectivity index (χ0n) is 5.38. The molecular formula is C7H4ClIO2. The van der Waals surface area contributed by atoms with E-state index >= 15 is 0 Å². The first-order valence-corrected chi connectivity index (χ1v) is 4.27. The maximum atomic E-state index is 10.3. The molecule has 0 amide bonds. The topological polar surface area (TPSA) is 26.3 Å². The highest BCUT2D eigenvalue weighted by Gasteiger charge is 1.98. The summed E-state index contributed by atoms with van der Waals surface area (Å²) in [5.41, 5.74) is -0.813. The Kier molecular flexibility index (Phi) is 3.14. The van der Waals surface area contributed by atoms with Gasteiger partial charge in [0.15, 0.2) is 0 Å². The van der Waals surface area contributed by atoms with E-state index in [0.29, 0.717) is 5.75 Å². The number of hydrogen-bond donors (Lipinski definition) is 0. The van der Waals surface area contributed by atoms with Gasteiger partial charge in [-0.2, -0.15) is 0 Å². The van der Waals surface area contributed by atoms with Gasteiger partial charge in [-0.05, 0) is 40.8 Å². The summed E-state index contributed by atoms with van der Waals surface area (Å²) in [6.45, 7) is 0. The van der Waals surface area contributed by atoms with E-state index in [2.05, 4.69) is 27.3 Å². The summed E-state index contributed by atoms with van der Waals surface area (Å²) in [5, 5.41) is 0. The highest BCUT2D eigenvalue weighted by atomic mass is 127. The second kappa shape index (κ2) is 3.92. The molecule has 11 heavy (non-hydrogen) atoms. The fourth-order valence-electron chi connectivity index (χ4n) is 0.623. The van der Waals surface area contributed by atoms with Crippen LogP contribution in [0.2, 0.25) is 0 Å². The zero-order chi connectivity index (χ0) is 8.27. The van der Waals surface area contributed by atoms with Crippen LogP contribution < -0.4 is 4.74 Å². The Morgan fingerprint density at radius 1 is 1.55 bits per heavy atom. The summed E-state index contributed by atoms with van der Waals surface area (Å²) in [6.07, 6.45) is 0. The number of hydrogen-bond acceptors (Lipinski definition) is 2. The standard InChI is InChI=1S/C7H4ClIO2/c8-7(10)11-6-3-1-2-5(9)4-6/h1-4H. The van der Waals surface area contributed by atoms with Gasteiger partial charge in [0.2, 0.25) is 0 Å². The Morgan fingerprint density at radius 3 is 2.82 bits per heavy atom. The SMILES string of the molecule is O=C(Cl)Oc1cccc(I)c1. The van der Waals surface area contributed by atoms with E-state index in [9.17, 15) is 4.79 Å². The molecule has 0 bridgehead atoms. The van der Waals surface area contributed by atoms with Crippen LogP contribution in [0.1, 0.15) is 0 Å². The molecule has 2 nitrogen and oxygen atoms in total. The fraction of sp³-hybridized carbons (Fsp3) is 0. The third kappa shape index (κ3) is 3.07. The second-order valence-corrected chi connectivity index (χ2v) is 3.35. The van der Waals surface area contributed by atoms with Crippen LogP contribution in [0.25, 0.3) is 0 Å². The molecule has 0 saturated carbocycles. The monoisotopic (exact) mass is 282 g/mol. The van der Waals surface area contributed by atoms with E-state index in [1.807, 2.05) is 6.07 Å². The van der Waals surface area contributed by atoms with Gasteiger partial charge in [-0.25, -0.2) is 4.79 Å². The number of ether oxygens (including phenoxy) is 1. The molecule has 0 aliphatic carbocycles. The first-order valence-electron chi connectivity index (χ1n) is 2.81. The van der Waals surface area contributed by atoms with Gasteiger partial charge >= 0.3 is 5.43 Å². The molecule has 0 heterocycles. The van der Waals surface area contributed by atoms with Crippen molar-refractivity contribution in [2.75, 3.05) is 0 Å². The average Bonchev–Trinajstić information content (AvgIpc) is 1.85. The van der Waals surface area contributed by atoms with Crippen LogP contribution in [0.5, 0.6) is 5.75 Å². The summed E-state index contributed by atoms with van der Waals surface area (Å²) in [7, 11) is 0. The maximum absolute atomic E-state index is 10.3. The minimum Gasteiger partial charge on any atom is -0.414 e. The van der Waals surface area contributed by atoms with Crippen molar-refractivity contribution in [3.63, 3.8) is 0 Å². The van der Waals surface area contributed by atoms with E-state index in [0.717, 1.165) is 3.57 Å². The smallest absolute Gasteiger partial charge is 0.409 e. The Morgan fingerprint density at radius 2 is 2.27 bits per heavy atom. The highest BCUT2D eigenvalue weighted by Crippen LogP contribution is 2.15. The molecular weight excluding hydrogens is 278 g/mol. The Labute approximate surface area is 82.6 Å². The predicted octanol–water partition coefficient (Wildman–Crippen LogP) is 3.03. The molecule has 0 spiro atoms. The van der Waals surface area contributed by atoms with Crippen LogP contribution >= 0.6 is 34.2 Å². The summed E-state index contributed by atoms with van der Waals surface area (Å²) < 4.78 is 5.61. The van der Waals surface area contributed by atoms with Crippen molar-refractivity contribution in [2.24, 2.45) is 0 Å². The summed E-state index contributed by atoms with van der Waals surface area (Å²) in [5.74, 6) is 0.469. The highest BCUT2D eigenvalue weighted by molar-refractivity contribution is 14.1. The molecule has 4 heteroatoms. The van der Waals surface area contributed by atoms with Gasteiger partial charge < -0.3 is 4.74 Å². The molecule has 0 fully saturated rings. The number of carbonyl (C=O) groups excluding carboxylic acids is 1. The van der Waals surface area contributed by atoms with Crippen molar-refractivity contribution < 1.29 is 9.53 Å². The zero-order valence-corrected chi connectivity index (χ0v) is 8.30. The van der Waals surface area contributed by atoms with E-state index in [4.69, 9.17) is 11.6 Å². The lowest BCUT2D eigenvalue weighted by Crippen LogP contribution is -1.95. The molecule has 0 radical (unpaired) electrons. The lowest BCUT2D eigenvalue weighted by molar-refractivity contribution is 0.225. The number of benzene rings is 1. The minimum atomic E-state index is -0.813. The lowest BCUT2D eigenvalue weighted by Gasteiger charge is -1.98. The van der Waals surface area contributed by atoms with E-state index < -0.39 is 5.43 Å². The first-order chi connectivity index (χ1) is 5.18. The predicted molar refractivity (Wildman–Crippen MR) is 51.0 cm³/mol. The number of carbonyl (C=O) groups is 1. The Hall–Kier alpha value is -0.290. The molecule has 0 aromatic heterocycles. The van der Waals surface area contributed by atoms with E-state index in [-0.39, 0.29) is 0 Å². The summed E-state index contributed by atoms with van der Waals surface area (Å²) >= 11 is 7.12. The van der Waals surface area contributed by atoms with Crippen molar-refractivity contribution in [1.82, 2.24) is 0 Å². The quantitative estimate of drug-likeness (QED) is 0.584. The van der Waals surface area contributed by atoms with Crippen molar-refractivity contribution in [3.05, 3.63) is 27.8 Å². The van der Waals surface area contributed by atoms with Crippen molar-refractivity contribution >= 4 is 39.6 Å². The van der Waals surface area contributed by atoms with Crippen LogP contribution in [0.15, 0.2) is 24.3 Å². The first kappa shape index (κ1) is 8.80. The molecule has 1 aromatic rings. The molecule has 0 unspecified atom stereocenters. The van der Waals surface area contributed by atoms with Crippen molar-refractivity contribution in [2.45, 2.75) is 0 Å². The van der Waals surface area contributed by atoms with Crippen LogP contribution in [-0.4, -0.2) is 5.43 Å². The Balaban J connectivity index is 2.79. The normalized spacial score (nSPS) is 9.27. The molecule has 0 saturated heterocycles. The van der Waals surface area contributed by atoms with Crippen LogP contribution in [0.3, 0.4) is 0 Å². The van der Waals surface area contributed by atoms with Gasteiger partial charge in [-0.15, -0.1) is 0 Å². The number of halogens is 2. The van der Waals surface area contributed by atoms with Gasteiger partial charge in [-0.1, -0.05) is 6.07 Å². The summed E-state index contributed by atoms with van der Waals surface area (Å²) in [4.78, 5) is 10.3. The lowest BCUT2D eigenvalue weighted by atomic mass is 10.3. The third-order valence-corrected chi connectivity index (χ3v) is 1.74. The van der Waals surface area contributed by atoms with Gasteiger partial charge in [0.05, 0.1) is 0 Å².